The zero-order chi connectivity index (χ0) is 12.5. The van der Waals surface area contributed by atoms with Gasteiger partial charge in [-0.2, -0.15) is 0 Å². The van der Waals surface area contributed by atoms with Crippen LogP contribution in [-0.4, -0.2) is 28.4 Å². The van der Waals surface area contributed by atoms with E-state index < -0.39 is 0 Å². The molecule has 1 aliphatic heterocycles. The molecule has 1 atom stereocenters. The smallest absolute Gasteiger partial charge is 0.192 e. The first-order valence-corrected chi connectivity index (χ1v) is 7.24. The Morgan fingerprint density at radius 3 is 2.78 bits per heavy atom. The Morgan fingerprint density at radius 2 is 2.06 bits per heavy atom. The first kappa shape index (κ1) is 12.0. The Hall–Kier alpha value is -1.10. The summed E-state index contributed by atoms with van der Waals surface area (Å²) in [6.07, 6.45) is 8.80. The van der Waals surface area contributed by atoms with Gasteiger partial charge in [0.15, 0.2) is 5.96 Å². The summed E-state index contributed by atoms with van der Waals surface area (Å²) in [6, 6.07) is 2.94. The molecule has 2 aliphatic rings. The van der Waals surface area contributed by atoms with E-state index in [9.17, 15) is 0 Å². The second-order valence-electron chi connectivity index (χ2n) is 5.00. The number of aliphatic imine (C=N–C) groups is 1. The predicted molar refractivity (Wildman–Crippen MR) is 75.3 cm³/mol. The van der Waals surface area contributed by atoms with Gasteiger partial charge in [-0.15, -0.1) is 0 Å². The van der Waals surface area contributed by atoms with Crippen molar-refractivity contribution in [1.82, 2.24) is 9.88 Å². The maximum absolute atomic E-state index is 6.07. The third-order valence-electron chi connectivity index (χ3n) is 3.86. The molecule has 0 aromatic carbocycles. The number of nitrogens with zero attached hydrogens (tertiary/aromatic N) is 3. The molecular formula is C13H17BrN4. The molecule has 3 rings (SSSR count). The predicted octanol–water partition coefficient (Wildman–Crippen LogP) is 2.46. The van der Waals surface area contributed by atoms with Crippen LogP contribution in [0.15, 0.2) is 27.9 Å². The Balaban J connectivity index is 1.87. The van der Waals surface area contributed by atoms with Gasteiger partial charge in [0.1, 0.15) is 0 Å². The van der Waals surface area contributed by atoms with Gasteiger partial charge in [-0.3, -0.25) is 9.98 Å². The second-order valence-corrected chi connectivity index (χ2v) is 5.91. The van der Waals surface area contributed by atoms with Gasteiger partial charge in [0.25, 0.3) is 0 Å². The van der Waals surface area contributed by atoms with Crippen LogP contribution in [0.3, 0.4) is 0 Å². The van der Waals surface area contributed by atoms with E-state index in [0.29, 0.717) is 12.0 Å². The summed E-state index contributed by atoms with van der Waals surface area (Å²) in [5.74, 6) is 0.701. The minimum atomic E-state index is 0.262. The normalized spacial score (nSPS) is 24.6. The summed E-state index contributed by atoms with van der Waals surface area (Å²) >= 11 is 3.48. The van der Waals surface area contributed by atoms with Crippen molar-refractivity contribution >= 4 is 21.9 Å². The van der Waals surface area contributed by atoms with Crippen molar-refractivity contribution in [3.8, 4) is 0 Å². The summed E-state index contributed by atoms with van der Waals surface area (Å²) in [7, 11) is 0. The number of hydrogen-bond acceptors (Lipinski definition) is 4. The van der Waals surface area contributed by atoms with Crippen LogP contribution in [0.25, 0.3) is 0 Å². The Kier molecular flexibility index (Phi) is 3.24. The molecule has 1 fully saturated rings. The van der Waals surface area contributed by atoms with E-state index in [1.54, 1.807) is 0 Å². The van der Waals surface area contributed by atoms with Crippen LogP contribution < -0.4 is 5.73 Å². The first-order valence-electron chi connectivity index (χ1n) is 6.44. The summed E-state index contributed by atoms with van der Waals surface area (Å²) in [4.78, 5) is 11.0. The van der Waals surface area contributed by atoms with Crippen LogP contribution in [0.1, 0.15) is 37.3 Å². The Morgan fingerprint density at radius 1 is 1.28 bits per heavy atom. The molecule has 0 spiro atoms. The molecule has 4 nitrogen and oxygen atoms in total. The van der Waals surface area contributed by atoms with Crippen LogP contribution >= 0.6 is 15.9 Å². The molecule has 0 bridgehead atoms. The van der Waals surface area contributed by atoms with Crippen LogP contribution in [0.2, 0.25) is 0 Å². The molecule has 2 N–H and O–H groups in total. The summed E-state index contributed by atoms with van der Waals surface area (Å²) in [5.41, 5.74) is 7.26. The molecule has 2 heterocycles. The second kappa shape index (κ2) is 4.88. The lowest BCUT2D eigenvalue weighted by Gasteiger charge is -2.32. The standard InChI is InChI=1S/C13H17BrN4/c14-10-5-9(6-16-7-10)12-8-17-13(15)18(12)11-3-1-2-4-11/h5-7,11-12H,1-4,8H2,(H2,15,17). The number of hydrogen-bond donors (Lipinski definition) is 1. The Bertz CT molecular complexity index is 468. The third kappa shape index (κ3) is 2.11. The highest BCUT2D eigenvalue weighted by Gasteiger charge is 2.34. The van der Waals surface area contributed by atoms with Crippen LogP contribution in [0.4, 0.5) is 0 Å². The molecule has 0 saturated heterocycles. The molecule has 5 heteroatoms. The quantitative estimate of drug-likeness (QED) is 0.913. The van der Waals surface area contributed by atoms with Crippen molar-refractivity contribution in [3.05, 3.63) is 28.5 Å². The third-order valence-corrected chi connectivity index (χ3v) is 4.29. The van der Waals surface area contributed by atoms with Crippen molar-refractivity contribution in [2.24, 2.45) is 10.7 Å². The van der Waals surface area contributed by atoms with Crippen molar-refractivity contribution in [2.75, 3.05) is 6.54 Å². The average Bonchev–Trinajstić information content (AvgIpc) is 2.97. The van der Waals surface area contributed by atoms with Crippen molar-refractivity contribution in [1.29, 1.82) is 0 Å². The molecule has 18 heavy (non-hydrogen) atoms. The molecule has 0 radical (unpaired) electrons. The fourth-order valence-corrected chi connectivity index (χ4v) is 3.39. The van der Waals surface area contributed by atoms with Crippen molar-refractivity contribution < 1.29 is 0 Å². The number of rotatable bonds is 2. The van der Waals surface area contributed by atoms with Gasteiger partial charge in [-0.1, -0.05) is 12.8 Å². The van der Waals surface area contributed by atoms with E-state index in [4.69, 9.17) is 5.73 Å². The van der Waals surface area contributed by atoms with Gasteiger partial charge in [0, 0.05) is 22.9 Å². The number of pyridine rings is 1. The van der Waals surface area contributed by atoms with E-state index >= 15 is 0 Å². The highest BCUT2D eigenvalue weighted by molar-refractivity contribution is 9.10. The van der Waals surface area contributed by atoms with Gasteiger partial charge in [-0.05, 0) is 40.4 Å². The number of nitrogens with two attached hydrogens (primary N) is 1. The largest absolute Gasteiger partial charge is 0.370 e. The Labute approximate surface area is 115 Å². The van der Waals surface area contributed by atoms with E-state index in [1.807, 2.05) is 12.4 Å². The molecular weight excluding hydrogens is 292 g/mol. The van der Waals surface area contributed by atoms with Crippen molar-refractivity contribution in [2.45, 2.75) is 37.8 Å². The van der Waals surface area contributed by atoms with E-state index in [-0.39, 0.29) is 6.04 Å². The van der Waals surface area contributed by atoms with Gasteiger partial charge < -0.3 is 10.6 Å². The average molecular weight is 309 g/mol. The molecule has 1 aromatic heterocycles. The molecule has 1 aliphatic carbocycles. The number of guanidine groups is 1. The van der Waals surface area contributed by atoms with Crippen LogP contribution in [-0.2, 0) is 0 Å². The van der Waals surface area contributed by atoms with Gasteiger partial charge >= 0.3 is 0 Å². The maximum atomic E-state index is 6.07. The van der Waals surface area contributed by atoms with Gasteiger partial charge in [-0.25, -0.2) is 0 Å². The SMILES string of the molecule is NC1=NCC(c2cncc(Br)c2)N1C1CCCC1. The van der Waals surface area contributed by atoms with Crippen molar-refractivity contribution in [3.63, 3.8) is 0 Å². The molecule has 1 unspecified atom stereocenters. The minimum Gasteiger partial charge on any atom is -0.370 e. The number of aromatic nitrogens is 1. The van der Waals surface area contributed by atoms with E-state index in [0.717, 1.165) is 11.0 Å². The summed E-state index contributed by atoms with van der Waals surface area (Å²) in [6.45, 7) is 0.750. The zero-order valence-corrected chi connectivity index (χ0v) is 11.8. The van der Waals surface area contributed by atoms with Gasteiger partial charge in [0.05, 0.1) is 12.6 Å². The topological polar surface area (TPSA) is 54.5 Å². The first-order chi connectivity index (χ1) is 8.75. The monoisotopic (exact) mass is 308 g/mol. The highest BCUT2D eigenvalue weighted by atomic mass is 79.9. The van der Waals surface area contributed by atoms with E-state index in [1.165, 1.54) is 31.2 Å². The molecule has 1 saturated carbocycles. The maximum Gasteiger partial charge on any atom is 0.192 e. The summed E-state index contributed by atoms with van der Waals surface area (Å²) in [5, 5.41) is 0. The summed E-state index contributed by atoms with van der Waals surface area (Å²) < 4.78 is 1.01. The fourth-order valence-electron chi connectivity index (χ4n) is 3.01. The lowest BCUT2D eigenvalue weighted by atomic mass is 10.1. The van der Waals surface area contributed by atoms with Crippen LogP contribution in [0.5, 0.6) is 0 Å². The fraction of sp³-hybridized carbons (Fsp3) is 0.538. The van der Waals surface area contributed by atoms with Gasteiger partial charge in [0.2, 0.25) is 0 Å². The molecule has 0 amide bonds. The van der Waals surface area contributed by atoms with Crippen LogP contribution in [0, 0.1) is 0 Å². The number of halogens is 1. The zero-order valence-electron chi connectivity index (χ0n) is 10.2. The molecule has 96 valence electrons. The lowest BCUT2D eigenvalue weighted by Crippen LogP contribution is -2.42. The highest BCUT2D eigenvalue weighted by Crippen LogP contribution is 2.34. The molecule has 1 aromatic rings. The lowest BCUT2D eigenvalue weighted by molar-refractivity contribution is 0.262. The minimum absolute atomic E-state index is 0.262. The van der Waals surface area contributed by atoms with E-state index in [2.05, 4.69) is 36.9 Å².